The van der Waals surface area contributed by atoms with Crippen molar-refractivity contribution in [3.63, 3.8) is 0 Å². The van der Waals surface area contributed by atoms with Crippen LogP contribution in [0.4, 0.5) is 0 Å². The third kappa shape index (κ3) is 1.15. The maximum Gasteiger partial charge on any atom is 0.116 e. The smallest absolute Gasteiger partial charge is 0.116 e. The Balaban J connectivity index is 2.37. The molecule has 0 saturated carbocycles. The summed E-state index contributed by atoms with van der Waals surface area (Å²) in [7, 11) is 0. The first kappa shape index (κ1) is 6.16. The van der Waals surface area contributed by atoms with Gasteiger partial charge >= 0.3 is 0 Å². The highest BCUT2D eigenvalue weighted by Crippen LogP contribution is 2.15. The Morgan fingerprint density at radius 2 is 1.82 bits per heavy atom. The minimum Gasteiger partial charge on any atom is -0.243 e. The number of aliphatic imine (C=N–C) groups is 1. The van der Waals surface area contributed by atoms with Crippen LogP contribution in [0, 0.1) is 0 Å². The van der Waals surface area contributed by atoms with Gasteiger partial charge in [0.1, 0.15) is 6.34 Å². The predicted molar refractivity (Wildman–Crippen MR) is 45.0 cm³/mol. The lowest BCUT2D eigenvalue weighted by molar-refractivity contribution is 1.34. The van der Waals surface area contributed by atoms with E-state index in [1.165, 1.54) is 0 Å². The van der Waals surface area contributed by atoms with Crippen LogP contribution in [0.5, 0.6) is 0 Å². The quantitative estimate of drug-likeness (QED) is 0.571. The van der Waals surface area contributed by atoms with E-state index in [1.807, 2.05) is 30.3 Å². The highest BCUT2D eigenvalue weighted by Gasteiger charge is 2.00. The number of hydrogen-bond acceptors (Lipinski definition) is 1. The molecule has 0 spiro atoms. The summed E-state index contributed by atoms with van der Waals surface area (Å²) >= 11 is 0. The van der Waals surface area contributed by atoms with E-state index in [0.717, 1.165) is 11.3 Å². The average molecular weight is 143 g/mol. The third-order valence-corrected chi connectivity index (χ3v) is 1.53. The van der Waals surface area contributed by atoms with Gasteiger partial charge in [-0.1, -0.05) is 30.3 Å². The second kappa shape index (κ2) is 2.58. The van der Waals surface area contributed by atoms with Crippen molar-refractivity contribution in [1.82, 2.24) is 5.32 Å². The Labute approximate surface area is 65.3 Å². The van der Waals surface area contributed by atoms with Crippen LogP contribution in [-0.4, -0.2) is 6.34 Å². The summed E-state index contributed by atoms with van der Waals surface area (Å²) < 4.78 is 0. The van der Waals surface area contributed by atoms with E-state index in [9.17, 15) is 0 Å². The lowest BCUT2D eigenvalue weighted by atomic mass is 10.2. The Morgan fingerprint density at radius 3 is 2.45 bits per heavy atom. The Hall–Kier alpha value is -1.57. The molecule has 53 valence electrons. The fraction of sp³-hybridized carbons (Fsp3) is 0. The Morgan fingerprint density at radius 1 is 1.00 bits per heavy atom. The van der Waals surface area contributed by atoms with Crippen LogP contribution in [0.25, 0.3) is 5.70 Å². The first-order chi connectivity index (χ1) is 5.47. The topological polar surface area (TPSA) is 26.5 Å². The summed E-state index contributed by atoms with van der Waals surface area (Å²) in [4.78, 5) is 4.08. The van der Waals surface area contributed by atoms with E-state index in [0.29, 0.717) is 0 Å². The lowest BCUT2D eigenvalue weighted by Gasteiger charge is -1.94. The molecule has 1 radical (unpaired) electrons. The molecule has 1 aromatic rings. The average Bonchev–Trinajstić information content (AvgIpc) is 2.58. The molecule has 1 aliphatic rings. The van der Waals surface area contributed by atoms with Crippen LogP contribution in [-0.2, 0) is 0 Å². The van der Waals surface area contributed by atoms with Crippen molar-refractivity contribution in [1.29, 1.82) is 0 Å². The van der Waals surface area contributed by atoms with Crippen LogP contribution in [0.15, 0.2) is 41.5 Å². The molecule has 0 N–H and O–H groups in total. The van der Waals surface area contributed by atoms with Crippen molar-refractivity contribution >= 4 is 12.0 Å². The van der Waals surface area contributed by atoms with Crippen LogP contribution in [0.1, 0.15) is 5.56 Å². The highest BCUT2D eigenvalue weighted by molar-refractivity contribution is 5.78. The zero-order chi connectivity index (χ0) is 7.52. The van der Waals surface area contributed by atoms with Crippen LogP contribution in [0.2, 0.25) is 0 Å². The SMILES string of the molecule is C1=NC(c2ccccc2)=C[N]1. The van der Waals surface area contributed by atoms with Crippen LogP contribution >= 0.6 is 0 Å². The molecular weight excluding hydrogens is 136 g/mol. The zero-order valence-electron chi connectivity index (χ0n) is 5.94. The molecule has 1 heterocycles. The largest absolute Gasteiger partial charge is 0.243 e. The van der Waals surface area contributed by atoms with Gasteiger partial charge in [-0.05, 0) is 0 Å². The summed E-state index contributed by atoms with van der Waals surface area (Å²) in [5.41, 5.74) is 2.05. The Bertz CT molecular complexity index is 299. The van der Waals surface area contributed by atoms with Gasteiger partial charge in [0.25, 0.3) is 0 Å². The van der Waals surface area contributed by atoms with E-state index < -0.39 is 0 Å². The van der Waals surface area contributed by atoms with Gasteiger partial charge in [-0.25, -0.2) is 10.3 Å². The van der Waals surface area contributed by atoms with Gasteiger partial charge in [-0.3, -0.25) is 0 Å². The minimum absolute atomic E-state index is 0.936. The Kier molecular flexibility index (Phi) is 1.44. The molecule has 0 atom stereocenters. The fourth-order valence-corrected chi connectivity index (χ4v) is 0.991. The van der Waals surface area contributed by atoms with Gasteiger partial charge < -0.3 is 0 Å². The van der Waals surface area contributed by atoms with Crippen molar-refractivity contribution in [2.24, 2.45) is 4.99 Å². The molecule has 2 nitrogen and oxygen atoms in total. The molecule has 0 fully saturated rings. The number of nitrogens with zero attached hydrogens (tertiary/aromatic N) is 2. The van der Waals surface area contributed by atoms with Gasteiger partial charge in [-0.15, -0.1) is 0 Å². The lowest BCUT2D eigenvalue weighted by Crippen LogP contribution is -1.80. The third-order valence-electron chi connectivity index (χ3n) is 1.53. The number of benzene rings is 1. The first-order valence-corrected chi connectivity index (χ1v) is 3.45. The molecule has 2 heteroatoms. The second-order valence-corrected chi connectivity index (χ2v) is 2.27. The first-order valence-electron chi connectivity index (χ1n) is 3.45. The molecule has 0 aromatic heterocycles. The minimum atomic E-state index is 0.936. The summed E-state index contributed by atoms with van der Waals surface area (Å²) in [6, 6.07) is 10.0. The molecule has 0 aliphatic carbocycles. The van der Waals surface area contributed by atoms with E-state index in [4.69, 9.17) is 0 Å². The van der Waals surface area contributed by atoms with Crippen molar-refractivity contribution in [2.75, 3.05) is 0 Å². The van der Waals surface area contributed by atoms with E-state index in [2.05, 4.69) is 10.3 Å². The van der Waals surface area contributed by atoms with Crippen molar-refractivity contribution < 1.29 is 0 Å². The van der Waals surface area contributed by atoms with Crippen molar-refractivity contribution in [3.8, 4) is 0 Å². The molecule has 1 aromatic carbocycles. The van der Waals surface area contributed by atoms with Crippen molar-refractivity contribution in [2.45, 2.75) is 0 Å². The molecule has 0 unspecified atom stereocenters. The van der Waals surface area contributed by atoms with Gasteiger partial charge in [-0.2, -0.15) is 0 Å². The molecule has 0 saturated heterocycles. The van der Waals surface area contributed by atoms with Gasteiger partial charge in [0, 0.05) is 5.56 Å². The maximum absolute atomic E-state index is 4.08. The fourth-order valence-electron chi connectivity index (χ4n) is 0.991. The molecular formula is C9H7N2. The second-order valence-electron chi connectivity index (χ2n) is 2.27. The number of hydrogen-bond donors (Lipinski definition) is 0. The van der Waals surface area contributed by atoms with Gasteiger partial charge in [0.05, 0.1) is 11.9 Å². The van der Waals surface area contributed by atoms with Crippen LogP contribution in [0.3, 0.4) is 0 Å². The molecule has 0 bridgehead atoms. The van der Waals surface area contributed by atoms with Gasteiger partial charge in [0.2, 0.25) is 0 Å². The maximum atomic E-state index is 4.08. The van der Waals surface area contributed by atoms with E-state index in [-0.39, 0.29) is 0 Å². The number of rotatable bonds is 1. The standard InChI is InChI=1S/C9H7N2/c1-2-4-8(5-3-1)9-6-10-7-11-9/h1-7H. The monoisotopic (exact) mass is 143 g/mol. The van der Waals surface area contributed by atoms with Crippen molar-refractivity contribution in [3.05, 3.63) is 42.1 Å². The predicted octanol–water partition coefficient (Wildman–Crippen LogP) is 1.63. The summed E-state index contributed by atoms with van der Waals surface area (Å²) in [5.74, 6) is 0. The molecule has 1 aliphatic heterocycles. The normalized spacial score (nSPS) is 14.4. The zero-order valence-corrected chi connectivity index (χ0v) is 5.94. The summed E-state index contributed by atoms with van der Waals surface area (Å²) in [6.07, 6.45) is 3.32. The van der Waals surface area contributed by atoms with Gasteiger partial charge in [0.15, 0.2) is 0 Å². The summed E-state index contributed by atoms with van der Waals surface area (Å²) in [6.45, 7) is 0. The van der Waals surface area contributed by atoms with Crippen LogP contribution < -0.4 is 5.32 Å². The summed E-state index contributed by atoms with van der Waals surface area (Å²) in [5, 5.41) is 3.89. The molecule has 11 heavy (non-hydrogen) atoms. The molecule has 2 rings (SSSR count). The van der Waals surface area contributed by atoms with E-state index in [1.54, 1.807) is 12.5 Å². The van der Waals surface area contributed by atoms with E-state index >= 15 is 0 Å². The molecule has 0 amide bonds. The highest BCUT2D eigenvalue weighted by atomic mass is 15.0.